The van der Waals surface area contributed by atoms with E-state index in [1.807, 2.05) is 38.1 Å². The number of nitrogens with zero attached hydrogens (tertiary/aromatic N) is 2. The van der Waals surface area contributed by atoms with Gasteiger partial charge in [-0.3, -0.25) is 14.3 Å². The number of aromatic nitrogens is 2. The quantitative estimate of drug-likeness (QED) is 0.809. The second-order valence-corrected chi connectivity index (χ2v) is 8.23. The average molecular weight is 371 g/mol. The van der Waals surface area contributed by atoms with Crippen molar-refractivity contribution in [2.75, 3.05) is 0 Å². The SMILES string of the molecule is CC(C)c1cc(C(=O)NC(CC(=O)O)c2ccc(C(C)(C)C)cc2)nn1C. The monoisotopic (exact) mass is 371 g/mol. The highest BCUT2D eigenvalue weighted by Gasteiger charge is 2.22. The van der Waals surface area contributed by atoms with Crippen molar-refractivity contribution >= 4 is 11.9 Å². The van der Waals surface area contributed by atoms with Crippen LogP contribution in [0.1, 0.15) is 80.3 Å². The number of aryl methyl sites for hydroxylation is 1. The summed E-state index contributed by atoms with van der Waals surface area (Å²) in [5, 5.41) is 16.3. The van der Waals surface area contributed by atoms with Crippen molar-refractivity contribution in [1.82, 2.24) is 15.1 Å². The van der Waals surface area contributed by atoms with E-state index in [-0.39, 0.29) is 23.7 Å². The summed E-state index contributed by atoms with van der Waals surface area (Å²) in [5.41, 5.74) is 3.16. The number of carboxylic acid groups (broad SMARTS) is 1. The lowest BCUT2D eigenvalue weighted by atomic mass is 9.86. The normalized spacial score (nSPS) is 12.9. The number of aliphatic carboxylic acids is 1. The number of rotatable bonds is 6. The molecule has 1 amide bonds. The maximum atomic E-state index is 12.6. The Morgan fingerprint density at radius 2 is 1.78 bits per heavy atom. The Morgan fingerprint density at radius 3 is 2.22 bits per heavy atom. The molecule has 6 heteroatoms. The third kappa shape index (κ3) is 5.18. The Morgan fingerprint density at radius 1 is 1.19 bits per heavy atom. The van der Waals surface area contributed by atoms with Crippen LogP contribution in [0.25, 0.3) is 0 Å². The van der Waals surface area contributed by atoms with Crippen LogP contribution in [0.3, 0.4) is 0 Å². The molecule has 1 aromatic heterocycles. The van der Waals surface area contributed by atoms with Crippen LogP contribution in [0.15, 0.2) is 30.3 Å². The highest BCUT2D eigenvalue weighted by molar-refractivity contribution is 5.93. The van der Waals surface area contributed by atoms with E-state index in [4.69, 9.17) is 0 Å². The minimum atomic E-state index is -0.968. The van der Waals surface area contributed by atoms with Crippen LogP contribution in [0.2, 0.25) is 0 Å². The van der Waals surface area contributed by atoms with E-state index in [1.165, 1.54) is 0 Å². The smallest absolute Gasteiger partial charge is 0.305 e. The van der Waals surface area contributed by atoms with Crippen molar-refractivity contribution in [3.05, 3.63) is 52.8 Å². The topological polar surface area (TPSA) is 84.2 Å². The first-order chi connectivity index (χ1) is 12.5. The summed E-state index contributed by atoms with van der Waals surface area (Å²) in [6.07, 6.45) is -0.190. The van der Waals surface area contributed by atoms with Gasteiger partial charge in [0.15, 0.2) is 0 Å². The first kappa shape index (κ1) is 20.7. The fourth-order valence-corrected chi connectivity index (χ4v) is 3.01. The van der Waals surface area contributed by atoms with Gasteiger partial charge in [0.2, 0.25) is 0 Å². The second-order valence-electron chi connectivity index (χ2n) is 8.23. The van der Waals surface area contributed by atoms with Crippen LogP contribution in [0.5, 0.6) is 0 Å². The van der Waals surface area contributed by atoms with Gasteiger partial charge < -0.3 is 10.4 Å². The molecule has 6 nitrogen and oxygen atoms in total. The van der Waals surface area contributed by atoms with E-state index in [1.54, 1.807) is 17.8 Å². The molecule has 0 saturated carbocycles. The average Bonchev–Trinajstić information content (AvgIpc) is 2.95. The number of hydrogen-bond acceptors (Lipinski definition) is 3. The van der Waals surface area contributed by atoms with Crippen molar-refractivity contribution in [1.29, 1.82) is 0 Å². The van der Waals surface area contributed by atoms with Crippen molar-refractivity contribution in [3.63, 3.8) is 0 Å². The molecule has 0 spiro atoms. The van der Waals surface area contributed by atoms with E-state index in [0.717, 1.165) is 16.8 Å². The standard InChI is InChI=1S/C21H29N3O3/c1-13(2)18-11-17(23-24(18)6)20(27)22-16(12-19(25)26)14-7-9-15(10-8-14)21(3,4)5/h7-11,13,16H,12H2,1-6H3,(H,22,27)(H,25,26). The molecular formula is C21H29N3O3. The predicted octanol–water partition coefficient (Wildman–Crippen LogP) is 3.79. The maximum absolute atomic E-state index is 12.6. The molecule has 146 valence electrons. The van der Waals surface area contributed by atoms with Crippen LogP contribution < -0.4 is 5.32 Å². The molecule has 0 bridgehead atoms. The number of nitrogens with one attached hydrogen (secondary N) is 1. The molecule has 1 unspecified atom stereocenters. The Hall–Kier alpha value is -2.63. The Bertz CT molecular complexity index is 814. The lowest BCUT2D eigenvalue weighted by Gasteiger charge is -2.21. The third-order valence-electron chi connectivity index (χ3n) is 4.60. The van der Waals surface area contributed by atoms with E-state index in [9.17, 15) is 14.7 Å². The van der Waals surface area contributed by atoms with Crippen LogP contribution in [-0.2, 0) is 17.3 Å². The van der Waals surface area contributed by atoms with Crippen LogP contribution >= 0.6 is 0 Å². The lowest BCUT2D eigenvalue weighted by molar-refractivity contribution is -0.137. The van der Waals surface area contributed by atoms with Crippen molar-refractivity contribution in [2.24, 2.45) is 7.05 Å². The molecule has 0 aliphatic carbocycles. The Labute approximate surface area is 160 Å². The van der Waals surface area contributed by atoms with Crippen molar-refractivity contribution in [3.8, 4) is 0 Å². The van der Waals surface area contributed by atoms with Crippen LogP contribution in [-0.4, -0.2) is 26.8 Å². The molecule has 27 heavy (non-hydrogen) atoms. The molecule has 2 rings (SSSR count). The van der Waals surface area contributed by atoms with Gasteiger partial charge in [0.1, 0.15) is 5.69 Å². The van der Waals surface area contributed by atoms with Crippen molar-refractivity contribution < 1.29 is 14.7 Å². The van der Waals surface area contributed by atoms with Gasteiger partial charge in [-0.25, -0.2) is 0 Å². The van der Waals surface area contributed by atoms with Crippen molar-refractivity contribution in [2.45, 2.75) is 58.4 Å². The minimum absolute atomic E-state index is 0.00524. The van der Waals surface area contributed by atoms with Gasteiger partial charge in [-0.15, -0.1) is 0 Å². The highest BCUT2D eigenvalue weighted by atomic mass is 16.4. The number of hydrogen-bond donors (Lipinski definition) is 2. The molecule has 1 heterocycles. The molecule has 0 aliphatic heterocycles. The number of benzene rings is 1. The van der Waals surface area contributed by atoms with Gasteiger partial charge in [0.05, 0.1) is 12.5 Å². The second kappa shape index (κ2) is 7.94. The minimum Gasteiger partial charge on any atom is -0.481 e. The summed E-state index contributed by atoms with van der Waals surface area (Å²) in [6.45, 7) is 10.4. The maximum Gasteiger partial charge on any atom is 0.305 e. The fourth-order valence-electron chi connectivity index (χ4n) is 3.01. The number of carboxylic acids is 1. The van der Waals surface area contributed by atoms with Gasteiger partial charge >= 0.3 is 5.97 Å². The van der Waals surface area contributed by atoms with Gasteiger partial charge in [-0.2, -0.15) is 5.10 Å². The first-order valence-electron chi connectivity index (χ1n) is 9.16. The number of carbonyl (C=O) groups is 2. The zero-order valence-electron chi connectivity index (χ0n) is 16.9. The molecule has 1 aromatic carbocycles. The Kier molecular flexibility index (Phi) is 6.08. The summed E-state index contributed by atoms with van der Waals surface area (Å²) in [4.78, 5) is 23.9. The molecule has 0 radical (unpaired) electrons. The molecule has 2 aromatic rings. The molecule has 0 fully saturated rings. The molecular weight excluding hydrogens is 342 g/mol. The van der Waals surface area contributed by atoms with Gasteiger partial charge in [0.25, 0.3) is 5.91 Å². The summed E-state index contributed by atoms with van der Waals surface area (Å²) in [7, 11) is 1.80. The fraction of sp³-hybridized carbons (Fsp3) is 0.476. The van der Waals surface area contributed by atoms with E-state index in [2.05, 4.69) is 31.2 Å². The lowest BCUT2D eigenvalue weighted by Crippen LogP contribution is -2.30. The van der Waals surface area contributed by atoms with Gasteiger partial charge in [-0.1, -0.05) is 58.9 Å². The zero-order chi connectivity index (χ0) is 20.4. The predicted molar refractivity (Wildman–Crippen MR) is 105 cm³/mol. The number of carbonyl (C=O) groups excluding carboxylic acids is 1. The summed E-state index contributed by atoms with van der Waals surface area (Å²) in [6, 6.07) is 8.86. The first-order valence-corrected chi connectivity index (χ1v) is 9.16. The van der Waals surface area contributed by atoms with Crippen LogP contribution in [0.4, 0.5) is 0 Å². The number of amides is 1. The van der Waals surface area contributed by atoms with Crippen LogP contribution in [0, 0.1) is 0 Å². The van der Waals surface area contributed by atoms with E-state index < -0.39 is 12.0 Å². The van der Waals surface area contributed by atoms with Gasteiger partial charge in [0, 0.05) is 12.7 Å². The highest BCUT2D eigenvalue weighted by Crippen LogP contribution is 2.25. The molecule has 2 N–H and O–H groups in total. The molecule has 1 atom stereocenters. The molecule has 0 saturated heterocycles. The molecule has 0 aliphatic rings. The summed E-state index contributed by atoms with van der Waals surface area (Å²) < 4.78 is 1.68. The third-order valence-corrected chi connectivity index (χ3v) is 4.60. The largest absolute Gasteiger partial charge is 0.481 e. The summed E-state index contributed by atoms with van der Waals surface area (Å²) in [5.74, 6) is -1.10. The zero-order valence-corrected chi connectivity index (χ0v) is 16.9. The summed E-state index contributed by atoms with van der Waals surface area (Å²) >= 11 is 0. The van der Waals surface area contributed by atoms with Gasteiger partial charge in [-0.05, 0) is 28.5 Å². The van der Waals surface area contributed by atoms with E-state index >= 15 is 0 Å². The van der Waals surface area contributed by atoms with E-state index in [0.29, 0.717) is 5.69 Å². The Balaban J connectivity index is 2.25.